The summed E-state index contributed by atoms with van der Waals surface area (Å²) in [5, 5.41) is 2.98. The van der Waals surface area contributed by atoms with Crippen molar-refractivity contribution < 1.29 is 9.18 Å². The quantitative estimate of drug-likeness (QED) is 0.859. The highest BCUT2D eigenvalue weighted by atomic mass is 19.1. The van der Waals surface area contributed by atoms with Gasteiger partial charge >= 0.3 is 0 Å². The van der Waals surface area contributed by atoms with Gasteiger partial charge in [0.2, 0.25) is 0 Å². The molecule has 0 aliphatic heterocycles. The number of halogens is 1. The van der Waals surface area contributed by atoms with E-state index in [9.17, 15) is 9.18 Å². The van der Waals surface area contributed by atoms with Crippen LogP contribution in [0.15, 0.2) is 18.2 Å². The number of hydrogen-bond acceptors (Lipinski definition) is 1. The minimum atomic E-state index is -0.427. The van der Waals surface area contributed by atoms with Crippen LogP contribution in [0.3, 0.4) is 0 Å². The van der Waals surface area contributed by atoms with Crippen LogP contribution < -0.4 is 5.32 Å². The number of aryl methyl sites for hydroxylation is 1. The molecule has 1 aliphatic rings. The maximum atomic E-state index is 13.7. The maximum absolute atomic E-state index is 13.7. The molecular formula is C16H22FNO. The Hall–Kier alpha value is -1.38. The largest absolute Gasteiger partial charge is 0.349 e. The van der Waals surface area contributed by atoms with Gasteiger partial charge in [-0.3, -0.25) is 4.79 Å². The predicted molar refractivity (Wildman–Crippen MR) is 74.7 cm³/mol. The summed E-state index contributed by atoms with van der Waals surface area (Å²) in [6.45, 7) is 1.82. The average molecular weight is 263 g/mol. The third-order valence-electron chi connectivity index (χ3n) is 3.81. The van der Waals surface area contributed by atoms with Gasteiger partial charge < -0.3 is 5.32 Å². The molecule has 19 heavy (non-hydrogen) atoms. The molecular weight excluding hydrogens is 241 g/mol. The van der Waals surface area contributed by atoms with E-state index in [1.165, 1.54) is 25.3 Å². The van der Waals surface area contributed by atoms with E-state index in [2.05, 4.69) is 5.32 Å². The Balaban J connectivity index is 1.99. The van der Waals surface area contributed by atoms with Crippen molar-refractivity contribution in [1.29, 1.82) is 0 Å². The summed E-state index contributed by atoms with van der Waals surface area (Å²) in [7, 11) is 0. The molecule has 104 valence electrons. The fraction of sp³-hybridized carbons (Fsp3) is 0.562. The van der Waals surface area contributed by atoms with Gasteiger partial charge in [0.15, 0.2) is 0 Å². The van der Waals surface area contributed by atoms with E-state index in [1.54, 1.807) is 12.1 Å². The summed E-state index contributed by atoms with van der Waals surface area (Å²) in [4.78, 5) is 12.1. The first-order chi connectivity index (χ1) is 9.16. The van der Waals surface area contributed by atoms with E-state index < -0.39 is 5.82 Å². The van der Waals surface area contributed by atoms with Gasteiger partial charge in [0.25, 0.3) is 5.91 Å². The van der Waals surface area contributed by atoms with Gasteiger partial charge in [0.1, 0.15) is 5.82 Å². The number of carbonyl (C=O) groups is 1. The number of hydrogen-bond donors (Lipinski definition) is 1. The number of benzene rings is 1. The lowest BCUT2D eigenvalue weighted by Gasteiger charge is -2.21. The second-order valence-corrected chi connectivity index (χ2v) is 5.50. The van der Waals surface area contributed by atoms with Crippen LogP contribution in [0.25, 0.3) is 0 Å². The SMILES string of the molecule is Cc1ccc(C(=O)NC2CCCCCCC2)c(F)c1. The van der Waals surface area contributed by atoms with Gasteiger partial charge in [0, 0.05) is 6.04 Å². The Morgan fingerprint density at radius 3 is 2.42 bits per heavy atom. The third-order valence-corrected chi connectivity index (χ3v) is 3.81. The van der Waals surface area contributed by atoms with E-state index in [0.717, 1.165) is 31.2 Å². The van der Waals surface area contributed by atoms with Gasteiger partial charge in [-0.2, -0.15) is 0 Å². The van der Waals surface area contributed by atoms with Crippen molar-refractivity contribution >= 4 is 5.91 Å². The van der Waals surface area contributed by atoms with Gasteiger partial charge in [-0.05, 0) is 37.5 Å². The molecule has 0 aromatic heterocycles. The molecule has 1 aromatic rings. The van der Waals surface area contributed by atoms with Gasteiger partial charge in [-0.1, -0.05) is 38.2 Å². The fourth-order valence-corrected chi connectivity index (χ4v) is 2.67. The first-order valence-corrected chi connectivity index (χ1v) is 7.24. The maximum Gasteiger partial charge on any atom is 0.254 e. The van der Waals surface area contributed by atoms with Crippen molar-refractivity contribution in [1.82, 2.24) is 5.32 Å². The minimum absolute atomic E-state index is 0.160. The molecule has 1 N–H and O–H groups in total. The van der Waals surface area contributed by atoms with Crippen LogP contribution in [0, 0.1) is 12.7 Å². The van der Waals surface area contributed by atoms with Crippen LogP contribution in [-0.4, -0.2) is 11.9 Å². The van der Waals surface area contributed by atoms with Gasteiger partial charge in [-0.25, -0.2) is 4.39 Å². The molecule has 0 radical (unpaired) electrons. The van der Waals surface area contributed by atoms with Crippen molar-refractivity contribution in [3.63, 3.8) is 0 Å². The average Bonchev–Trinajstić information content (AvgIpc) is 2.32. The molecule has 2 rings (SSSR count). The van der Waals surface area contributed by atoms with Crippen LogP contribution in [0.1, 0.15) is 60.9 Å². The zero-order valence-corrected chi connectivity index (χ0v) is 11.5. The van der Waals surface area contributed by atoms with Crippen LogP contribution in [0.5, 0.6) is 0 Å². The molecule has 0 spiro atoms. The van der Waals surface area contributed by atoms with E-state index in [-0.39, 0.29) is 17.5 Å². The van der Waals surface area contributed by atoms with E-state index >= 15 is 0 Å². The normalized spacial score (nSPS) is 17.6. The highest BCUT2D eigenvalue weighted by Crippen LogP contribution is 2.18. The molecule has 1 amide bonds. The molecule has 1 fully saturated rings. The molecule has 1 aliphatic carbocycles. The zero-order valence-electron chi connectivity index (χ0n) is 11.5. The first kappa shape index (κ1) is 14.0. The summed E-state index contributed by atoms with van der Waals surface area (Å²) < 4.78 is 13.7. The Labute approximate surface area is 114 Å². The van der Waals surface area contributed by atoms with Crippen LogP contribution in [0.4, 0.5) is 4.39 Å². The number of nitrogens with one attached hydrogen (secondary N) is 1. The topological polar surface area (TPSA) is 29.1 Å². The van der Waals surface area contributed by atoms with Crippen LogP contribution in [-0.2, 0) is 0 Å². The third kappa shape index (κ3) is 4.05. The predicted octanol–water partition coefficient (Wildman–Crippen LogP) is 3.98. The molecule has 0 bridgehead atoms. The number of amides is 1. The summed E-state index contributed by atoms with van der Waals surface area (Å²) in [6.07, 6.45) is 8.12. The molecule has 0 unspecified atom stereocenters. The molecule has 0 heterocycles. The molecule has 0 saturated heterocycles. The molecule has 1 aromatic carbocycles. The van der Waals surface area contributed by atoms with Crippen molar-refractivity contribution in [3.05, 3.63) is 35.1 Å². The number of rotatable bonds is 2. The second-order valence-electron chi connectivity index (χ2n) is 5.50. The summed E-state index contributed by atoms with van der Waals surface area (Å²) in [6, 6.07) is 4.96. The Morgan fingerprint density at radius 2 is 1.79 bits per heavy atom. The van der Waals surface area contributed by atoms with E-state index in [1.807, 2.05) is 6.92 Å². The van der Waals surface area contributed by atoms with Crippen molar-refractivity contribution in [2.45, 2.75) is 57.9 Å². The molecule has 2 nitrogen and oxygen atoms in total. The lowest BCUT2D eigenvalue weighted by atomic mass is 9.96. The summed E-state index contributed by atoms with van der Waals surface area (Å²) >= 11 is 0. The van der Waals surface area contributed by atoms with E-state index in [0.29, 0.717) is 0 Å². The van der Waals surface area contributed by atoms with Crippen molar-refractivity contribution in [2.24, 2.45) is 0 Å². The Kier molecular flexibility index (Phi) is 4.94. The fourth-order valence-electron chi connectivity index (χ4n) is 2.67. The summed E-state index contributed by atoms with van der Waals surface area (Å²) in [5.41, 5.74) is 0.993. The highest BCUT2D eigenvalue weighted by Gasteiger charge is 2.17. The smallest absolute Gasteiger partial charge is 0.254 e. The lowest BCUT2D eigenvalue weighted by Crippen LogP contribution is -2.35. The zero-order chi connectivity index (χ0) is 13.7. The molecule has 3 heteroatoms. The van der Waals surface area contributed by atoms with Gasteiger partial charge in [0.05, 0.1) is 5.56 Å². The number of carbonyl (C=O) groups excluding carboxylic acids is 1. The first-order valence-electron chi connectivity index (χ1n) is 7.24. The van der Waals surface area contributed by atoms with Crippen molar-refractivity contribution in [2.75, 3.05) is 0 Å². The summed E-state index contributed by atoms with van der Waals surface area (Å²) in [5.74, 6) is -0.702. The molecule has 0 atom stereocenters. The Morgan fingerprint density at radius 1 is 1.16 bits per heavy atom. The monoisotopic (exact) mass is 263 g/mol. The minimum Gasteiger partial charge on any atom is -0.349 e. The van der Waals surface area contributed by atoms with Gasteiger partial charge in [-0.15, -0.1) is 0 Å². The standard InChI is InChI=1S/C16H22FNO/c1-12-9-10-14(15(17)11-12)16(19)18-13-7-5-3-2-4-6-8-13/h9-11,13H,2-8H2,1H3,(H,18,19). The van der Waals surface area contributed by atoms with Crippen LogP contribution >= 0.6 is 0 Å². The van der Waals surface area contributed by atoms with Crippen molar-refractivity contribution in [3.8, 4) is 0 Å². The Bertz CT molecular complexity index is 436. The molecule has 1 saturated carbocycles. The highest BCUT2D eigenvalue weighted by molar-refractivity contribution is 5.94. The van der Waals surface area contributed by atoms with Crippen LogP contribution in [0.2, 0.25) is 0 Å². The second kappa shape index (κ2) is 6.69. The lowest BCUT2D eigenvalue weighted by molar-refractivity contribution is 0.0926. The van der Waals surface area contributed by atoms with E-state index in [4.69, 9.17) is 0 Å².